The van der Waals surface area contributed by atoms with Crippen molar-refractivity contribution in [3.8, 4) is 0 Å². The molecule has 0 spiro atoms. The molecule has 0 saturated carbocycles. The van der Waals surface area contributed by atoms with Crippen LogP contribution < -0.4 is 0 Å². The van der Waals surface area contributed by atoms with Gasteiger partial charge in [-0.15, -0.1) is 0 Å². The van der Waals surface area contributed by atoms with Crippen molar-refractivity contribution in [3.63, 3.8) is 0 Å². The highest BCUT2D eigenvalue weighted by atomic mass is 28.3. The molecule has 4 nitrogen and oxygen atoms in total. The van der Waals surface area contributed by atoms with Crippen LogP contribution in [-0.2, 0) is 13.6 Å². The van der Waals surface area contributed by atoms with Crippen molar-refractivity contribution in [2.45, 2.75) is 59.7 Å². The summed E-state index contributed by atoms with van der Waals surface area (Å²) in [6, 6.07) is 0. The fourth-order valence-electron chi connectivity index (χ4n) is 1.26. The van der Waals surface area contributed by atoms with Crippen LogP contribution in [0.3, 0.4) is 0 Å². The molecule has 0 unspecified atom stereocenters. The van der Waals surface area contributed by atoms with Gasteiger partial charge < -0.3 is 14.0 Å². The van der Waals surface area contributed by atoms with Gasteiger partial charge in [-0.1, -0.05) is 19.4 Å². The minimum absolute atomic E-state index is 0.0187. The van der Waals surface area contributed by atoms with E-state index in [0.29, 0.717) is 5.20 Å². The maximum Gasteiger partial charge on any atom is 0.363 e. The molecule has 0 aromatic carbocycles. The summed E-state index contributed by atoms with van der Waals surface area (Å²) >= 11 is 0. The molecule has 0 fully saturated rings. The zero-order chi connectivity index (χ0) is 13.4. The summed E-state index contributed by atoms with van der Waals surface area (Å²) in [6.07, 6.45) is 3.36. The number of hydrogen-bond acceptors (Lipinski definition) is 3. The third-order valence-electron chi connectivity index (χ3n) is 1.95. The Hall–Kier alpha value is -0.653. The molecular weight excluding hydrogens is 236 g/mol. The van der Waals surface area contributed by atoms with Crippen molar-refractivity contribution in [1.82, 2.24) is 0 Å². The molecule has 5 heteroatoms. The number of hydrogen-bond donors (Lipinski definition) is 1. The number of rotatable bonds is 8. The van der Waals surface area contributed by atoms with Crippen LogP contribution in [0.15, 0.2) is 11.3 Å². The Bertz CT molecular complexity index is 251. The van der Waals surface area contributed by atoms with Gasteiger partial charge in [0.05, 0.1) is 5.20 Å². The molecule has 0 atom stereocenters. The van der Waals surface area contributed by atoms with Gasteiger partial charge in [-0.3, -0.25) is 0 Å². The normalized spacial score (nSPS) is 12.8. The molecule has 0 saturated heterocycles. The second kappa shape index (κ2) is 8.44. The summed E-state index contributed by atoms with van der Waals surface area (Å²) in [5.41, 5.74) is 0. The lowest BCUT2D eigenvalue weighted by Gasteiger charge is -2.22. The molecule has 0 rings (SSSR count). The van der Waals surface area contributed by atoms with Crippen LogP contribution in [0.25, 0.3) is 0 Å². The first-order chi connectivity index (χ1) is 7.88. The van der Waals surface area contributed by atoms with Crippen LogP contribution in [0.2, 0.25) is 0 Å². The Balaban J connectivity index is 4.86. The van der Waals surface area contributed by atoms with Crippen molar-refractivity contribution in [1.29, 1.82) is 0 Å². The highest BCUT2D eigenvalue weighted by molar-refractivity contribution is 6.60. The Morgan fingerprint density at radius 2 is 1.71 bits per heavy atom. The molecule has 17 heavy (non-hydrogen) atoms. The van der Waals surface area contributed by atoms with E-state index in [1.165, 1.54) is 0 Å². The smallest absolute Gasteiger partial charge is 0.363 e. The molecule has 0 radical (unpaired) electrons. The molecule has 0 aromatic heterocycles. The quantitative estimate of drug-likeness (QED) is 0.538. The standard InChI is InChI=1S/C12H24O4Si/c1-6-7-8-11(12(13)14)17(15-9(2)3)16-10(4)5/h8-10,17H,6-7H2,1-5H3,(H,13,14)/b11-8+. The van der Waals surface area contributed by atoms with E-state index in [1.807, 2.05) is 34.6 Å². The lowest BCUT2D eigenvalue weighted by molar-refractivity contribution is -0.132. The van der Waals surface area contributed by atoms with Crippen molar-refractivity contribution in [3.05, 3.63) is 11.3 Å². The van der Waals surface area contributed by atoms with Gasteiger partial charge in [0, 0.05) is 12.2 Å². The predicted octanol–water partition coefficient (Wildman–Crippen LogP) is 2.41. The lowest BCUT2D eigenvalue weighted by Crippen LogP contribution is -2.35. The number of aliphatic carboxylic acids is 1. The van der Waals surface area contributed by atoms with Crippen molar-refractivity contribution in [2.75, 3.05) is 0 Å². The summed E-state index contributed by atoms with van der Waals surface area (Å²) in [7, 11) is -2.29. The van der Waals surface area contributed by atoms with E-state index in [1.54, 1.807) is 6.08 Å². The highest BCUT2D eigenvalue weighted by Gasteiger charge is 2.27. The summed E-state index contributed by atoms with van der Waals surface area (Å²) in [4.78, 5) is 11.2. The SMILES string of the molecule is CCC/C=C(\C(=O)O)[SiH](OC(C)C)OC(C)C. The number of carboxylic acid groups (broad SMARTS) is 1. The highest BCUT2D eigenvalue weighted by Crippen LogP contribution is 2.12. The van der Waals surface area contributed by atoms with Crippen molar-refractivity contribution >= 4 is 15.3 Å². The number of allylic oxidation sites excluding steroid dienone is 1. The van der Waals surface area contributed by atoms with E-state index >= 15 is 0 Å². The third kappa shape index (κ3) is 7.30. The number of carboxylic acids is 1. The fourth-order valence-corrected chi connectivity index (χ4v) is 3.16. The van der Waals surface area contributed by atoms with Gasteiger partial charge >= 0.3 is 15.3 Å². The van der Waals surface area contributed by atoms with Crippen LogP contribution in [0.1, 0.15) is 47.5 Å². The first-order valence-corrected chi connectivity index (χ1v) is 7.64. The van der Waals surface area contributed by atoms with E-state index in [2.05, 4.69) is 0 Å². The van der Waals surface area contributed by atoms with Crippen LogP contribution in [-0.4, -0.2) is 32.6 Å². The Morgan fingerprint density at radius 1 is 1.24 bits per heavy atom. The van der Waals surface area contributed by atoms with E-state index in [9.17, 15) is 9.90 Å². The van der Waals surface area contributed by atoms with Gasteiger partial charge in [0.1, 0.15) is 0 Å². The maximum atomic E-state index is 11.2. The van der Waals surface area contributed by atoms with Crippen LogP contribution in [0.4, 0.5) is 0 Å². The molecule has 1 N–H and O–H groups in total. The summed E-state index contributed by atoms with van der Waals surface area (Å²) < 4.78 is 11.3. The Morgan fingerprint density at radius 3 is 2.00 bits per heavy atom. The lowest BCUT2D eigenvalue weighted by atomic mass is 10.3. The van der Waals surface area contributed by atoms with Gasteiger partial charge in [0.15, 0.2) is 0 Å². The fraction of sp³-hybridized carbons (Fsp3) is 0.750. The average Bonchev–Trinajstić information content (AvgIpc) is 2.15. The monoisotopic (exact) mass is 260 g/mol. The first-order valence-electron chi connectivity index (χ1n) is 6.12. The van der Waals surface area contributed by atoms with Crippen LogP contribution >= 0.6 is 0 Å². The molecular formula is C12H24O4Si. The molecule has 0 heterocycles. The first kappa shape index (κ1) is 16.3. The molecule has 0 bridgehead atoms. The summed E-state index contributed by atoms with van der Waals surface area (Å²) in [5, 5.41) is 9.53. The Labute approximate surface area is 105 Å². The van der Waals surface area contributed by atoms with Crippen LogP contribution in [0.5, 0.6) is 0 Å². The van der Waals surface area contributed by atoms with E-state index in [-0.39, 0.29) is 12.2 Å². The van der Waals surface area contributed by atoms with Gasteiger partial charge in [-0.25, -0.2) is 4.79 Å². The summed E-state index contributed by atoms with van der Waals surface area (Å²) in [5.74, 6) is -0.920. The maximum absolute atomic E-state index is 11.2. The molecule has 0 aliphatic carbocycles. The average molecular weight is 260 g/mol. The zero-order valence-electron chi connectivity index (χ0n) is 11.4. The van der Waals surface area contributed by atoms with Crippen LogP contribution in [0, 0.1) is 0 Å². The number of unbranched alkanes of at least 4 members (excludes halogenated alkanes) is 1. The van der Waals surface area contributed by atoms with E-state index in [0.717, 1.165) is 12.8 Å². The number of carbonyl (C=O) groups is 1. The second-order valence-electron chi connectivity index (χ2n) is 4.45. The van der Waals surface area contributed by atoms with Gasteiger partial charge in [0.2, 0.25) is 0 Å². The molecule has 0 aliphatic heterocycles. The van der Waals surface area contributed by atoms with Crippen molar-refractivity contribution in [2.24, 2.45) is 0 Å². The van der Waals surface area contributed by atoms with E-state index in [4.69, 9.17) is 8.85 Å². The van der Waals surface area contributed by atoms with Crippen molar-refractivity contribution < 1.29 is 18.8 Å². The van der Waals surface area contributed by atoms with Gasteiger partial charge in [-0.05, 0) is 34.1 Å². The summed E-state index contributed by atoms with van der Waals surface area (Å²) in [6.45, 7) is 9.58. The molecule has 0 aromatic rings. The third-order valence-corrected chi connectivity index (χ3v) is 4.52. The zero-order valence-corrected chi connectivity index (χ0v) is 12.6. The van der Waals surface area contributed by atoms with Gasteiger partial charge in [0.25, 0.3) is 0 Å². The topological polar surface area (TPSA) is 55.8 Å². The predicted molar refractivity (Wildman–Crippen MR) is 70.2 cm³/mol. The Kier molecular flexibility index (Phi) is 8.12. The minimum Gasteiger partial charge on any atom is -0.478 e. The molecule has 0 amide bonds. The van der Waals surface area contributed by atoms with Gasteiger partial charge in [-0.2, -0.15) is 0 Å². The molecule has 0 aliphatic rings. The second-order valence-corrected chi connectivity index (χ2v) is 6.29. The molecule has 100 valence electrons. The largest absolute Gasteiger partial charge is 0.478 e. The van der Waals surface area contributed by atoms with E-state index < -0.39 is 15.3 Å². The minimum atomic E-state index is -2.29.